The van der Waals surface area contributed by atoms with Gasteiger partial charge in [0.15, 0.2) is 0 Å². The molecule has 0 unspecified atom stereocenters. The Morgan fingerprint density at radius 3 is 2.35 bits per heavy atom. The zero-order chi connectivity index (χ0) is 19.1. The van der Waals surface area contributed by atoms with Crippen molar-refractivity contribution in [1.29, 1.82) is 0 Å². The molecule has 2 rings (SSSR count). The maximum atomic E-state index is 12.1. The molecule has 140 valence electrons. The Hall–Kier alpha value is -1.43. The van der Waals surface area contributed by atoms with Crippen molar-refractivity contribution in [3.63, 3.8) is 0 Å². The van der Waals surface area contributed by atoms with Crippen molar-refractivity contribution >= 4 is 45.1 Å². The summed E-state index contributed by atoms with van der Waals surface area (Å²) in [6.45, 7) is 4.76. The summed E-state index contributed by atoms with van der Waals surface area (Å²) in [6.07, 6.45) is 0.593. The first kappa shape index (κ1) is 20.9. The van der Waals surface area contributed by atoms with Gasteiger partial charge in [0.2, 0.25) is 0 Å². The molecule has 0 N–H and O–H groups in total. The summed E-state index contributed by atoms with van der Waals surface area (Å²) in [5.41, 5.74) is 1.30. The van der Waals surface area contributed by atoms with Gasteiger partial charge in [-0.2, -0.15) is 0 Å². The molecule has 0 radical (unpaired) electrons. The normalized spacial score (nSPS) is 10.5. The van der Waals surface area contributed by atoms with Gasteiger partial charge in [0.05, 0.1) is 25.4 Å². The average molecular weight is 462 g/mol. The first-order chi connectivity index (χ1) is 12.5. The van der Waals surface area contributed by atoms with E-state index in [1.54, 1.807) is 31.2 Å². The second-order valence-corrected chi connectivity index (χ2v) is 6.91. The number of esters is 1. The van der Waals surface area contributed by atoms with Gasteiger partial charge in [-0.3, -0.25) is 0 Å². The molecule has 0 fully saturated rings. The van der Waals surface area contributed by atoms with Crippen molar-refractivity contribution in [2.24, 2.45) is 0 Å². The predicted molar refractivity (Wildman–Crippen MR) is 107 cm³/mol. The van der Waals surface area contributed by atoms with Gasteiger partial charge >= 0.3 is 5.97 Å². The third-order valence-electron chi connectivity index (χ3n) is 3.46. The van der Waals surface area contributed by atoms with Gasteiger partial charge in [0, 0.05) is 16.5 Å². The van der Waals surface area contributed by atoms with Crippen LogP contribution in [0.5, 0.6) is 11.5 Å². The second kappa shape index (κ2) is 10.0. The zero-order valence-corrected chi connectivity index (χ0v) is 17.6. The molecule has 7 heteroatoms. The maximum Gasteiger partial charge on any atom is 0.338 e. The molecule has 0 aliphatic carbocycles. The quantitative estimate of drug-likeness (QED) is 0.455. The van der Waals surface area contributed by atoms with Crippen molar-refractivity contribution in [2.45, 2.75) is 20.3 Å². The number of halogens is 3. The van der Waals surface area contributed by atoms with Crippen molar-refractivity contribution in [3.05, 3.63) is 56.0 Å². The highest BCUT2D eigenvalue weighted by molar-refractivity contribution is 9.10. The number of hydrogen-bond donors (Lipinski definition) is 0. The van der Waals surface area contributed by atoms with Crippen LogP contribution < -0.4 is 9.47 Å². The topological polar surface area (TPSA) is 44.8 Å². The monoisotopic (exact) mass is 460 g/mol. The van der Waals surface area contributed by atoms with Crippen LogP contribution in [0, 0.1) is 0 Å². The van der Waals surface area contributed by atoms with Crippen LogP contribution in [0.1, 0.15) is 29.8 Å². The van der Waals surface area contributed by atoms with Crippen molar-refractivity contribution < 1.29 is 19.0 Å². The Morgan fingerprint density at radius 1 is 1.04 bits per heavy atom. The van der Waals surface area contributed by atoms with Crippen LogP contribution in [0.3, 0.4) is 0 Å². The lowest BCUT2D eigenvalue weighted by Crippen LogP contribution is -2.08. The van der Waals surface area contributed by atoms with Crippen LogP contribution in [0.2, 0.25) is 10.0 Å². The summed E-state index contributed by atoms with van der Waals surface area (Å²) >= 11 is 15.6. The molecule has 0 saturated carbocycles. The van der Waals surface area contributed by atoms with Crippen LogP contribution >= 0.6 is 39.1 Å². The van der Waals surface area contributed by atoms with E-state index in [4.69, 9.17) is 37.4 Å². The molecule has 0 spiro atoms. The van der Waals surface area contributed by atoms with Gasteiger partial charge in [0.1, 0.15) is 16.0 Å². The number of benzene rings is 2. The predicted octanol–water partition coefficient (Wildman–Crippen LogP) is 5.95. The first-order valence-electron chi connectivity index (χ1n) is 8.16. The Bertz CT molecular complexity index is 780. The number of rotatable bonds is 8. The van der Waals surface area contributed by atoms with E-state index in [1.807, 2.05) is 13.0 Å². The highest BCUT2D eigenvalue weighted by Gasteiger charge is 2.16. The van der Waals surface area contributed by atoms with Crippen molar-refractivity contribution in [1.82, 2.24) is 0 Å². The average Bonchev–Trinajstić information content (AvgIpc) is 2.60. The number of ether oxygens (including phenoxy) is 3. The van der Waals surface area contributed by atoms with Crippen LogP contribution in [0.4, 0.5) is 0 Å². The molecular formula is C19H19BrCl2O4. The summed E-state index contributed by atoms with van der Waals surface area (Å²) in [6, 6.07) is 8.61. The molecule has 0 heterocycles. The molecule has 4 nitrogen and oxygen atoms in total. The Morgan fingerprint density at radius 2 is 1.73 bits per heavy atom. The van der Waals surface area contributed by atoms with E-state index in [9.17, 15) is 4.79 Å². The third kappa shape index (κ3) is 5.53. The lowest BCUT2D eigenvalue weighted by Gasteiger charge is -2.14. The second-order valence-electron chi connectivity index (χ2n) is 5.27. The van der Waals surface area contributed by atoms with Crippen molar-refractivity contribution in [3.8, 4) is 11.5 Å². The van der Waals surface area contributed by atoms with Crippen molar-refractivity contribution in [2.75, 3.05) is 19.8 Å². The zero-order valence-electron chi connectivity index (χ0n) is 14.5. The molecule has 0 aromatic heterocycles. The van der Waals surface area contributed by atoms with Gasteiger partial charge in [0.25, 0.3) is 0 Å². The molecule has 0 saturated heterocycles. The minimum Gasteiger partial charge on any atom is -0.493 e. The minimum atomic E-state index is -0.424. The summed E-state index contributed by atoms with van der Waals surface area (Å²) < 4.78 is 17.1. The Labute approximate surface area is 171 Å². The van der Waals surface area contributed by atoms with E-state index < -0.39 is 5.97 Å². The van der Waals surface area contributed by atoms with Gasteiger partial charge in [-0.05, 0) is 59.6 Å². The van der Waals surface area contributed by atoms with E-state index in [2.05, 4.69) is 15.9 Å². The fourth-order valence-corrected chi connectivity index (χ4v) is 3.23. The van der Waals surface area contributed by atoms with E-state index in [1.165, 1.54) is 0 Å². The number of hydrogen-bond acceptors (Lipinski definition) is 4. The molecule has 2 aromatic rings. The summed E-state index contributed by atoms with van der Waals surface area (Å²) in [5.74, 6) is 0.605. The van der Waals surface area contributed by atoms with Gasteiger partial charge in [-0.1, -0.05) is 29.3 Å². The fourth-order valence-electron chi connectivity index (χ4n) is 2.27. The Kier molecular flexibility index (Phi) is 8.07. The SMILES string of the molecule is CCOC(=O)c1cc(OCC)c(Br)c(OCCc2ccc(Cl)cc2Cl)c1. The van der Waals surface area contributed by atoms with E-state index >= 15 is 0 Å². The molecule has 26 heavy (non-hydrogen) atoms. The highest BCUT2D eigenvalue weighted by atomic mass is 79.9. The molecule has 2 aromatic carbocycles. The van der Waals surface area contributed by atoms with Crippen LogP contribution in [-0.4, -0.2) is 25.8 Å². The Balaban J connectivity index is 2.17. The lowest BCUT2D eigenvalue weighted by atomic mass is 10.1. The number of carbonyl (C=O) groups excluding carboxylic acids is 1. The fraction of sp³-hybridized carbons (Fsp3) is 0.316. The van der Waals surface area contributed by atoms with Crippen LogP contribution in [-0.2, 0) is 11.2 Å². The largest absolute Gasteiger partial charge is 0.493 e. The molecule has 0 amide bonds. The lowest BCUT2D eigenvalue weighted by molar-refractivity contribution is 0.0525. The number of carbonyl (C=O) groups is 1. The summed E-state index contributed by atoms with van der Waals surface area (Å²) in [5, 5.41) is 1.18. The van der Waals surface area contributed by atoms with E-state index in [0.29, 0.717) is 57.8 Å². The molecule has 0 aliphatic rings. The summed E-state index contributed by atoms with van der Waals surface area (Å²) in [4.78, 5) is 12.1. The first-order valence-corrected chi connectivity index (χ1v) is 9.71. The van der Waals surface area contributed by atoms with Gasteiger partial charge < -0.3 is 14.2 Å². The van der Waals surface area contributed by atoms with Crippen LogP contribution in [0.25, 0.3) is 0 Å². The smallest absolute Gasteiger partial charge is 0.338 e. The summed E-state index contributed by atoms with van der Waals surface area (Å²) in [7, 11) is 0. The van der Waals surface area contributed by atoms with Gasteiger partial charge in [-0.15, -0.1) is 0 Å². The molecule has 0 bridgehead atoms. The highest BCUT2D eigenvalue weighted by Crippen LogP contribution is 2.36. The molecular weight excluding hydrogens is 443 g/mol. The third-order valence-corrected chi connectivity index (χ3v) is 4.83. The van der Waals surface area contributed by atoms with E-state index in [-0.39, 0.29) is 0 Å². The molecule has 0 atom stereocenters. The molecule has 0 aliphatic heterocycles. The van der Waals surface area contributed by atoms with Crippen LogP contribution in [0.15, 0.2) is 34.8 Å². The van der Waals surface area contributed by atoms with Gasteiger partial charge in [-0.25, -0.2) is 4.79 Å². The minimum absolute atomic E-state index is 0.296. The maximum absolute atomic E-state index is 12.1. The van der Waals surface area contributed by atoms with E-state index in [0.717, 1.165) is 5.56 Å². The standard InChI is InChI=1S/C19H19BrCl2O4/c1-3-24-16-9-13(19(23)25-4-2)10-17(18(16)20)26-8-7-12-5-6-14(21)11-15(12)22/h5-6,9-11H,3-4,7-8H2,1-2H3.